The summed E-state index contributed by atoms with van der Waals surface area (Å²) < 4.78 is 35.4. The van der Waals surface area contributed by atoms with Gasteiger partial charge in [0.25, 0.3) is 0 Å². The Bertz CT molecular complexity index is 3550. The number of likely N-dealkylation sites (tertiary alicyclic amines) is 3. The molecule has 123 heavy (non-hydrogen) atoms. The molecular weight excluding hydrogens is 1660 g/mol. The largest absolute Gasteiger partial charge is 0.480 e. The van der Waals surface area contributed by atoms with Gasteiger partial charge in [-0.2, -0.15) is 0 Å². The zero-order valence-corrected chi connectivity index (χ0v) is 77.2. The predicted octanol–water partition coefficient (Wildman–Crippen LogP) is 6.92. The highest BCUT2D eigenvalue weighted by Gasteiger charge is 2.62. The average molecular weight is 1810 g/mol. The molecule has 4 heterocycles. The molecule has 0 aromatic heterocycles. The maximum absolute atomic E-state index is 13.5. The molecule has 0 bridgehead atoms. The fourth-order valence-electron chi connectivity index (χ4n) is 12.4. The van der Waals surface area contributed by atoms with E-state index in [0.29, 0.717) is 32.4 Å². The molecule has 6 aliphatic rings. The van der Waals surface area contributed by atoms with Gasteiger partial charge in [-0.1, -0.05) is 110 Å². The molecule has 16 atom stereocenters. The Balaban J connectivity index is -0.000000719. The van der Waals surface area contributed by atoms with Crippen LogP contribution in [0.1, 0.15) is 233 Å². The van der Waals surface area contributed by atoms with E-state index in [-0.39, 0.29) is 103 Å². The first kappa shape index (κ1) is 121. The summed E-state index contributed by atoms with van der Waals surface area (Å²) in [5.41, 5.74) is -1.65. The molecule has 0 aromatic rings. The number of ether oxygens (including phenoxy) is 7. The van der Waals surface area contributed by atoms with E-state index >= 15 is 0 Å². The molecule has 714 valence electrons. The highest BCUT2D eigenvalue weighted by atomic mass is 35.5. The number of aliphatic hydroxyl groups excluding tert-OH is 4. The molecule has 40 heteroatoms. The highest BCUT2D eigenvalue weighted by Crippen LogP contribution is 2.46. The molecule has 2 aliphatic carbocycles. The monoisotopic (exact) mass is 1800 g/mol. The molecule has 38 nitrogen and oxygen atoms in total. The first-order valence-corrected chi connectivity index (χ1v) is 39.6. The maximum atomic E-state index is 13.5. The van der Waals surface area contributed by atoms with Crippen LogP contribution in [0.2, 0.25) is 0 Å². The van der Waals surface area contributed by atoms with Crippen molar-refractivity contribution < 1.29 is 136 Å². The van der Waals surface area contributed by atoms with Crippen LogP contribution in [0, 0.1) is 33.5 Å². The number of halogens is 2. The van der Waals surface area contributed by atoms with E-state index in [0.717, 1.165) is 4.90 Å². The first-order valence-electron chi connectivity index (χ1n) is 39.6. The third kappa shape index (κ3) is 40.2. The van der Waals surface area contributed by atoms with Crippen LogP contribution >= 0.6 is 24.8 Å². The van der Waals surface area contributed by atoms with Gasteiger partial charge in [-0.25, -0.2) is 38.4 Å². The first-order chi connectivity index (χ1) is 53.8. The minimum absolute atomic E-state index is 0. The van der Waals surface area contributed by atoms with Crippen molar-refractivity contribution in [3.8, 4) is 0 Å². The molecule has 4 aliphatic heterocycles. The minimum atomic E-state index is -1.21. The molecule has 8 amide bonds. The number of nitrogens with zero attached hydrogens (tertiary/aromatic N) is 3. The number of amides is 8. The number of rotatable bonds is 19. The summed E-state index contributed by atoms with van der Waals surface area (Å²) in [5, 5.41) is 80.8. The Morgan fingerprint density at radius 1 is 0.455 bits per heavy atom. The van der Waals surface area contributed by atoms with Gasteiger partial charge in [0.15, 0.2) is 0 Å². The number of aliphatic carboxylic acids is 3. The van der Waals surface area contributed by atoms with Crippen molar-refractivity contribution in [2.75, 3.05) is 46.5 Å². The number of nitrogens with two attached hydrogens (primary N) is 1. The van der Waals surface area contributed by atoms with Gasteiger partial charge in [0.1, 0.15) is 81.8 Å². The Morgan fingerprint density at radius 2 is 0.764 bits per heavy atom. The van der Waals surface area contributed by atoms with Crippen molar-refractivity contribution in [3.63, 3.8) is 0 Å². The summed E-state index contributed by atoms with van der Waals surface area (Å²) in [6, 6.07) is -7.38. The lowest BCUT2D eigenvalue weighted by atomic mass is 9.85. The summed E-state index contributed by atoms with van der Waals surface area (Å²) in [6.45, 7) is 53.4. The standard InChI is InChI=1S/C24H39N3O7.C17H30N2O6.C16H28N2O6.C11H21NO4.C8H13NO2.C5H9NO3.2CH4.2ClH/c1-9-14-12-24(14,20(31)33-10-2)26-18(29)16-11-15(28)13-27(16)19(30)17(22(3,4)5)25-21(32)34-23(6,7)8;1-16(2,3)12(18-15(23)25-17(4,5)6)13(21)19-9-10(20)8-11(19)14(22)24-7;1-15(2,3)11(17-14(23)24-16(4,5)6)12(20)18-8-9(19)7-10(18)13(21)22;1-10(2,3)7(8(13)14)12-9(15)16-11(4,5)6;1-3-6-5-8(6,9)7(10)11-4-2;7-3-1-4(5(8)9)6-2-3;;;;/h9,14-17,28H,1,10-13H2,2-8H3,(H,25,32)(H,26,29);10-12,20H,8-9H2,1-7H3,(H,18,23);9-11,19H,7-8H2,1-6H3,(H,17,23)(H,21,22);7H,1-6H3,(H,12,15)(H,13,14);3,6H,1,4-5,9H2,2H3;3-4,6-7H,1-2H2,(H,8,9);2*1H4;2*1H/t14-,15+,16+,17-,24-;10-,11-,12+;9-,10-,11+;;6-,8-;3-,4-;;;;/m100.10..../s1. The van der Waals surface area contributed by atoms with Crippen molar-refractivity contribution in [2.24, 2.45) is 39.2 Å². The van der Waals surface area contributed by atoms with Crippen molar-refractivity contribution in [3.05, 3.63) is 25.3 Å². The number of alkyl carbamates (subject to hydrolysis) is 4. The van der Waals surface area contributed by atoms with Gasteiger partial charge in [-0.05, 0) is 131 Å². The second-order valence-electron chi connectivity index (χ2n) is 38.4. The smallest absolute Gasteiger partial charge is 0.408 e. The van der Waals surface area contributed by atoms with E-state index in [2.05, 4.69) is 45.1 Å². The van der Waals surface area contributed by atoms with E-state index in [1.165, 1.54) is 16.9 Å². The molecule has 0 radical (unpaired) electrons. The number of methoxy groups -OCH3 is 1. The summed E-state index contributed by atoms with van der Waals surface area (Å²) in [5.74, 6) is -6.81. The van der Waals surface area contributed by atoms with E-state index in [1.807, 2.05) is 0 Å². The van der Waals surface area contributed by atoms with E-state index in [1.54, 1.807) is 192 Å². The molecule has 0 spiro atoms. The summed E-state index contributed by atoms with van der Waals surface area (Å²) in [4.78, 5) is 172. The second kappa shape index (κ2) is 48.9. The molecule has 15 N–H and O–H groups in total. The number of carbonyl (C=O) groups excluding carboxylic acids is 11. The van der Waals surface area contributed by atoms with Crippen LogP contribution < -0.4 is 37.6 Å². The van der Waals surface area contributed by atoms with Crippen molar-refractivity contribution in [2.45, 2.75) is 340 Å². The maximum Gasteiger partial charge on any atom is 0.408 e. The van der Waals surface area contributed by atoms with Gasteiger partial charge in [0, 0.05) is 63.7 Å². The third-order valence-corrected chi connectivity index (χ3v) is 18.5. The van der Waals surface area contributed by atoms with Gasteiger partial charge in [0.2, 0.25) is 23.6 Å². The van der Waals surface area contributed by atoms with E-state index < -0.39 is 206 Å². The van der Waals surface area contributed by atoms with Crippen LogP contribution in [-0.4, -0.2) is 287 Å². The van der Waals surface area contributed by atoms with Crippen molar-refractivity contribution in [1.29, 1.82) is 0 Å². The number of esters is 3. The van der Waals surface area contributed by atoms with Crippen LogP contribution in [0.15, 0.2) is 25.3 Å². The lowest BCUT2D eigenvalue weighted by Gasteiger charge is -2.36. The quantitative estimate of drug-likeness (QED) is 0.0354. The Hall–Kier alpha value is -8.40. The van der Waals surface area contributed by atoms with Gasteiger partial charge in [-0.3, -0.25) is 28.8 Å². The summed E-state index contributed by atoms with van der Waals surface area (Å²) >= 11 is 0. The van der Waals surface area contributed by atoms with Crippen LogP contribution in [-0.2, 0) is 81.1 Å². The lowest BCUT2D eigenvalue weighted by Crippen LogP contribution is -2.59. The lowest BCUT2D eigenvalue weighted by molar-refractivity contribution is -0.152. The Kier molecular flexibility index (Phi) is 48.1. The van der Waals surface area contributed by atoms with Crippen LogP contribution in [0.25, 0.3) is 0 Å². The Labute approximate surface area is 738 Å². The fraction of sp³-hybridized carbons (Fsp3) is 0.783. The highest BCUT2D eigenvalue weighted by molar-refractivity contribution is 5.97. The van der Waals surface area contributed by atoms with Gasteiger partial charge in [-0.15, -0.1) is 38.0 Å². The van der Waals surface area contributed by atoms with Crippen molar-refractivity contribution >= 4 is 109 Å². The zero-order chi connectivity index (χ0) is 93.0. The Morgan fingerprint density at radius 3 is 1.02 bits per heavy atom. The normalized spacial score (nSPS) is 24.0. The molecule has 0 aromatic carbocycles. The van der Waals surface area contributed by atoms with Crippen LogP contribution in [0.4, 0.5) is 19.2 Å². The number of hydrogen-bond donors (Lipinski definition) is 14. The van der Waals surface area contributed by atoms with Gasteiger partial charge < -0.3 is 121 Å². The molecular formula is C83H150Cl2N10O28. The minimum Gasteiger partial charge on any atom is -0.480 e. The fourth-order valence-corrected chi connectivity index (χ4v) is 12.4. The summed E-state index contributed by atoms with van der Waals surface area (Å²) in [7, 11) is 1.23. The van der Waals surface area contributed by atoms with Crippen LogP contribution in [0.5, 0.6) is 0 Å². The number of carboxylic acids is 3. The average Bonchev–Trinajstić information content (AvgIpc) is 1.58. The predicted molar refractivity (Wildman–Crippen MR) is 462 cm³/mol. The summed E-state index contributed by atoms with van der Waals surface area (Å²) in [6.07, 6.45) is -1.28. The SMILES string of the molecule is C.C.C=C[C@@H]1C[C@]1(N)C(=O)OCC.C=C[C@@H]1C[C@]1(NC(=O)[C@@H]1C[C@H](O)CN1C(=O)[C@@H](NC(=O)OC(C)(C)C)C(C)(C)C)C(=O)OCC.CC(C)(C)OC(=O)NC(C(=O)O)C(C)(C)C.CC(C)(C)OC(=O)N[C@H](C(=O)N1C[C@@H](O)C[C@H]1C(=O)O)C(C)(C)C.COC(=O)[C@@H]1C[C@H](O)CN1C(=O)[C@@H](NC(=O)OC(C)(C)C)C(C)(C)C.Cl.Cl.O=C(O)[C@@H]1C[C@H](O)CN1. The second-order valence-corrected chi connectivity index (χ2v) is 38.4. The number of carboxylic acid groups (broad SMARTS) is 3. The topological polar surface area (TPSA) is 553 Å². The number of aliphatic hydroxyl groups is 4. The molecule has 2 saturated carbocycles. The van der Waals surface area contributed by atoms with Gasteiger partial charge in [0.05, 0.1) is 44.7 Å². The van der Waals surface area contributed by atoms with Crippen molar-refractivity contribution in [1.82, 2.24) is 46.6 Å². The van der Waals surface area contributed by atoms with E-state index in [9.17, 15) is 87.5 Å². The number of carbonyl (C=O) groups is 14. The third-order valence-electron chi connectivity index (χ3n) is 18.5. The zero-order valence-electron chi connectivity index (χ0n) is 75.6. The van der Waals surface area contributed by atoms with Gasteiger partial charge >= 0.3 is 60.2 Å². The molecule has 6 rings (SSSR count). The van der Waals surface area contributed by atoms with Crippen LogP contribution in [0.3, 0.4) is 0 Å². The molecule has 1 unspecified atom stereocenters. The molecule has 6 fully saturated rings. The number of β-amino-alcohol motifs (C(OH)–C–C–N with tert-alkyl or cyclic N) is 4. The van der Waals surface area contributed by atoms with E-state index in [4.69, 9.17) is 54.2 Å². The number of hydrogen-bond acceptors (Lipinski definition) is 27. The molecule has 4 saturated heterocycles. The number of nitrogens with one attached hydrogen (secondary N) is 6.